The summed E-state index contributed by atoms with van der Waals surface area (Å²) in [4.78, 5) is 13.7. The summed E-state index contributed by atoms with van der Waals surface area (Å²) in [5, 5.41) is 0. The molecule has 0 fully saturated rings. The van der Waals surface area contributed by atoms with Gasteiger partial charge in [0.05, 0.1) is 5.69 Å². The summed E-state index contributed by atoms with van der Waals surface area (Å²) in [5.74, 6) is 1.30. The number of hydrogen-bond acceptors (Lipinski definition) is 3. The molecule has 1 aromatic rings. The summed E-state index contributed by atoms with van der Waals surface area (Å²) in [7, 11) is 1.73. The van der Waals surface area contributed by atoms with Crippen molar-refractivity contribution in [2.75, 3.05) is 18.7 Å². The van der Waals surface area contributed by atoms with Crippen LogP contribution in [0.25, 0.3) is 0 Å². The van der Waals surface area contributed by atoms with Crippen LogP contribution in [0.4, 0.5) is 5.69 Å². The number of nitrogens with zero attached hydrogens (tertiary/aromatic N) is 1. The molecule has 2 rings (SSSR count). The highest BCUT2D eigenvalue weighted by atomic mass is 79.9. The van der Waals surface area contributed by atoms with Crippen molar-refractivity contribution in [2.24, 2.45) is 0 Å². The molecule has 5 heteroatoms. The van der Waals surface area contributed by atoms with Crippen LogP contribution in [-0.4, -0.2) is 19.7 Å². The Morgan fingerprint density at radius 3 is 2.61 bits per heavy atom. The van der Waals surface area contributed by atoms with E-state index in [0.717, 1.165) is 10.2 Å². The molecule has 18 heavy (non-hydrogen) atoms. The van der Waals surface area contributed by atoms with E-state index in [1.807, 2.05) is 13.0 Å². The number of carbonyl (C=O) groups is 1. The second-order valence-electron chi connectivity index (χ2n) is 3.99. The molecule has 0 spiro atoms. The van der Waals surface area contributed by atoms with Crippen LogP contribution in [0.5, 0.6) is 11.5 Å². The largest absolute Gasteiger partial charge is 0.454 e. The Kier molecular flexibility index (Phi) is 3.61. The lowest BCUT2D eigenvalue weighted by atomic mass is 10.2. The van der Waals surface area contributed by atoms with Gasteiger partial charge in [-0.05, 0) is 29.8 Å². The summed E-state index contributed by atoms with van der Waals surface area (Å²) < 4.78 is 11.4. The molecule has 1 aliphatic rings. The van der Waals surface area contributed by atoms with E-state index >= 15 is 0 Å². The van der Waals surface area contributed by atoms with Gasteiger partial charge in [0.25, 0.3) is 5.91 Å². The van der Waals surface area contributed by atoms with E-state index in [1.165, 1.54) is 0 Å². The van der Waals surface area contributed by atoms with Crippen molar-refractivity contribution < 1.29 is 14.3 Å². The first-order chi connectivity index (χ1) is 8.54. The van der Waals surface area contributed by atoms with Crippen LogP contribution < -0.4 is 14.4 Å². The molecule has 0 radical (unpaired) electrons. The fourth-order valence-corrected chi connectivity index (χ4v) is 2.25. The molecule has 0 aliphatic carbocycles. The zero-order valence-electron chi connectivity index (χ0n) is 10.5. The maximum atomic E-state index is 12.1. The van der Waals surface area contributed by atoms with Gasteiger partial charge < -0.3 is 14.4 Å². The zero-order valence-corrected chi connectivity index (χ0v) is 12.1. The van der Waals surface area contributed by atoms with Gasteiger partial charge in [-0.1, -0.05) is 6.08 Å². The monoisotopic (exact) mass is 311 g/mol. The van der Waals surface area contributed by atoms with Gasteiger partial charge >= 0.3 is 0 Å². The first-order valence-electron chi connectivity index (χ1n) is 5.54. The van der Waals surface area contributed by atoms with Gasteiger partial charge in [-0.25, -0.2) is 0 Å². The topological polar surface area (TPSA) is 38.8 Å². The number of hydrogen-bond donors (Lipinski definition) is 0. The molecule has 96 valence electrons. The van der Waals surface area contributed by atoms with Gasteiger partial charge in [0, 0.05) is 29.2 Å². The van der Waals surface area contributed by atoms with E-state index in [1.54, 1.807) is 31.0 Å². The lowest BCUT2D eigenvalue weighted by molar-refractivity contribution is -0.114. The highest BCUT2D eigenvalue weighted by molar-refractivity contribution is 9.10. The molecular formula is C13H14BrNO3. The van der Waals surface area contributed by atoms with Gasteiger partial charge in [-0.15, -0.1) is 0 Å². The van der Waals surface area contributed by atoms with Crippen molar-refractivity contribution in [3.05, 3.63) is 28.3 Å². The summed E-state index contributed by atoms with van der Waals surface area (Å²) in [6, 6.07) is 3.61. The van der Waals surface area contributed by atoms with Crippen LogP contribution in [0, 0.1) is 0 Å². The Morgan fingerprint density at radius 2 is 2.00 bits per heavy atom. The normalized spacial score (nSPS) is 13.7. The average molecular weight is 312 g/mol. The predicted molar refractivity (Wildman–Crippen MR) is 73.1 cm³/mol. The Bertz CT molecular complexity index is 525. The van der Waals surface area contributed by atoms with Crippen molar-refractivity contribution in [3.8, 4) is 11.5 Å². The number of rotatable bonds is 2. The lowest BCUT2D eigenvalue weighted by Gasteiger charge is -2.19. The number of carbonyl (C=O) groups excluding carboxylic acids is 1. The second kappa shape index (κ2) is 5.02. The SMILES string of the molecule is C/C=C(/C)C(=O)N(C)c1cc2c(cc1Br)OCO2. The highest BCUT2D eigenvalue weighted by Crippen LogP contribution is 2.40. The lowest BCUT2D eigenvalue weighted by Crippen LogP contribution is -2.27. The van der Waals surface area contributed by atoms with Crippen molar-refractivity contribution in [1.29, 1.82) is 0 Å². The molecular weight excluding hydrogens is 298 g/mol. The van der Waals surface area contributed by atoms with Crippen molar-refractivity contribution in [3.63, 3.8) is 0 Å². The fourth-order valence-electron chi connectivity index (χ4n) is 1.66. The predicted octanol–water partition coefficient (Wildman–Crippen LogP) is 3.11. The number of benzene rings is 1. The number of fused-ring (bicyclic) bond motifs is 1. The third-order valence-corrected chi connectivity index (χ3v) is 3.51. The number of ether oxygens (including phenoxy) is 2. The zero-order chi connectivity index (χ0) is 13.3. The van der Waals surface area contributed by atoms with Gasteiger partial charge in [0.2, 0.25) is 6.79 Å². The molecule has 0 saturated heterocycles. The minimum Gasteiger partial charge on any atom is -0.454 e. The Morgan fingerprint density at radius 1 is 1.39 bits per heavy atom. The van der Waals surface area contributed by atoms with Crippen molar-refractivity contribution >= 4 is 27.5 Å². The standard InChI is InChI=1S/C13H14BrNO3/c1-4-8(2)13(16)15(3)10-6-12-11(5-9(10)14)17-7-18-12/h4-6H,7H2,1-3H3/b8-4-. The molecule has 0 bridgehead atoms. The van der Waals surface area contributed by atoms with Crippen LogP contribution in [0.2, 0.25) is 0 Å². The molecule has 1 amide bonds. The number of halogens is 1. The minimum absolute atomic E-state index is 0.0444. The average Bonchev–Trinajstić information content (AvgIpc) is 2.82. The highest BCUT2D eigenvalue weighted by Gasteiger charge is 2.21. The van der Waals surface area contributed by atoms with Crippen molar-refractivity contribution in [1.82, 2.24) is 0 Å². The maximum absolute atomic E-state index is 12.1. The second-order valence-corrected chi connectivity index (χ2v) is 4.85. The van der Waals surface area contributed by atoms with Crippen molar-refractivity contribution in [2.45, 2.75) is 13.8 Å². The molecule has 0 N–H and O–H groups in total. The third-order valence-electron chi connectivity index (χ3n) is 2.88. The van der Waals surface area contributed by atoms with E-state index in [0.29, 0.717) is 17.1 Å². The quantitative estimate of drug-likeness (QED) is 0.788. The Balaban J connectivity index is 2.37. The smallest absolute Gasteiger partial charge is 0.253 e. The number of allylic oxidation sites excluding steroid dienone is 1. The molecule has 0 aromatic heterocycles. The molecule has 0 atom stereocenters. The van der Waals surface area contributed by atoms with Gasteiger partial charge in [0.1, 0.15) is 0 Å². The van der Waals surface area contributed by atoms with Gasteiger partial charge in [-0.2, -0.15) is 0 Å². The maximum Gasteiger partial charge on any atom is 0.253 e. The van der Waals surface area contributed by atoms with Crippen LogP contribution in [0.1, 0.15) is 13.8 Å². The van der Waals surface area contributed by atoms with E-state index in [-0.39, 0.29) is 12.7 Å². The van der Waals surface area contributed by atoms with E-state index in [9.17, 15) is 4.79 Å². The molecule has 0 saturated carbocycles. The van der Waals surface area contributed by atoms with Crippen LogP contribution in [0.3, 0.4) is 0 Å². The van der Waals surface area contributed by atoms with E-state index in [2.05, 4.69) is 15.9 Å². The molecule has 1 aliphatic heterocycles. The van der Waals surface area contributed by atoms with Crippen LogP contribution >= 0.6 is 15.9 Å². The van der Waals surface area contributed by atoms with E-state index in [4.69, 9.17) is 9.47 Å². The fraction of sp³-hybridized carbons (Fsp3) is 0.308. The number of likely N-dealkylation sites (N-methyl/N-ethyl adjacent to an activating group) is 1. The minimum atomic E-state index is -0.0444. The summed E-state index contributed by atoms with van der Waals surface area (Å²) in [6.07, 6.45) is 1.79. The summed E-state index contributed by atoms with van der Waals surface area (Å²) >= 11 is 3.44. The number of anilines is 1. The molecule has 1 heterocycles. The number of amides is 1. The Labute approximate surface area is 114 Å². The van der Waals surface area contributed by atoms with E-state index < -0.39 is 0 Å². The third kappa shape index (κ3) is 2.22. The van der Waals surface area contributed by atoms with Gasteiger partial charge in [0.15, 0.2) is 11.5 Å². The van der Waals surface area contributed by atoms with Crippen LogP contribution in [0.15, 0.2) is 28.3 Å². The molecule has 0 unspecified atom stereocenters. The first kappa shape index (κ1) is 13.0. The molecule has 1 aromatic carbocycles. The first-order valence-corrected chi connectivity index (χ1v) is 6.34. The summed E-state index contributed by atoms with van der Waals surface area (Å²) in [6.45, 7) is 3.85. The molecule has 4 nitrogen and oxygen atoms in total. The summed E-state index contributed by atoms with van der Waals surface area (Å²) in [5.41, 5.74) is 1.45. The van der Waals surface area contributed by atoms with Gasteiger partial charge in [-0.3, -0.25) is 4.79 Å². The van der Waals surface area contributed by atoms with Crippen LogP contribution in [-0.2, 0) is 4.79 Å². The Hall–Kier alpha value is -1.49.